The molecule has 0 aliphatic rings. The van der Waals surface area contributed by atoms with Gasteiger partial charge in [0.25, 0.3) is 0 Å². The molecule has 0 saturated carbocycles. The molecule has 0 saturated heterocycles. The molecule has 3 heterocycles. The highest BCUT2D eigenvalue weighted by atomic mass is 35.5. The van der Waals surface area contributed by atoms with Crippen LogP contribution in [-0.2, 0) is 0 Å². The van der Waals surface area contributed by atoms with Gasteiger partial charge in [-0.05, 0) is 48.0 Å². The van der Waals surface area contributed by atoms with E-state index in [4.69, 9.17) is 28.2 Å². The molecule has 5 nitrogen and oxygen atoms in total. The Labute approximate surface area is 187 Å². The Balaban J connectivity index is 1.75. The van der Waals surface area contributed by atoms with Gasteiger partial charge in [-0.25, -0.2) is 14.6 Å². The van der Waals surface area contributed by atoms with Crippen molar-refractivity contribution in [3.63, 3.8) is 0 Å². The van der Waals surface area contributed by atoms with E-state index in [1.807, 2.05) is 54.6 Å². The number of carbonyl (C=O) groups is 1. The summed E-state index contributed by atoms with van der Waals surface area (Å²) in [5.41, 5.74) is 4.07. The predicted molar refractivity (Wildman–Crippen MR) is 123 cm³/mol. The number of halogens is 2. The molecule has 3 aromatic heterocycles. The van der Waals surface area contributed by atoms with Crippen molar-refractivity contribution in [1.82, 2.24) is 19.7 Å². The molecule has 7 heteroatoms. The van der Waals surface area contributed by atoms with E-state index in [1.165, 1.54) is 0 Å². The second-order valence-corrected chi connectivity index (χ2v) is 7.80. The van der Waals surface area contributed by atoms with Gasteiger partial charge in [-0.2, -0.15) is 5.10 Å². The summed E-state index contributed by atoms with van der Waals surface area (Å²) in [4.78, 5) is 20.9. The van der Waals surface area contributed by atoms with E-state index in [0.717, 1.165) is 28.4 Å². The number of aldehydes is 1. The molecule has 5 aromatic rings. The number of rotatable bonds is 4. The number of benzene rings is 2. The fourth-order valence-corrected chi connectivity index (χ4v) is 3.77. The standard InChI is InChI=1S/C24H14Cl2N4O/c25-19-8-6-15(7-9-19)22-18(14-31)13-30(29-22)24-21(16-3-1-5-20(26)11-16)12-17-4-2-10-27-23(17)28-24/h1-14H. The number of fused-ring (bicyclic) bond motifs is 1. The van der Waals surface area contributed by atoms with Crippen LogP contribution in [0.3, 0.4) is 0 Å². The van der Waals surface area contributed by atoms with Crippen molar-refractivity contribution in [2.75, 3.05) is 0 Å². The fourth-order valence-electron chi connectivity index (χ4n) is 3.45. The van der Waals surface area contributed by atoms with Crippen molar-refractivity contribution in [1.29, 1.82) is 0 Å². The zero-order valence-electron chi connectivity index (χ0n) is 16.0. The van der Waals surface area contributed by atoms with Gasteiger partial charge in [0.05, 0.1) is 5.56 Å². The van der Waals surface area contributed by atoms with Gasteiger partial charge in [0.1, 0.15) is 5.69 Å². The SMILES string of the molecule is O=Cc1cn(-c2nc3ncccc3cc2-c2cccc(Cl)c2)nc1-c1ccc(Cl)cc1. The first-order valence-corrected chi connectivity index (χ1v) is 10.2. The van der Waals surface area contributed by atoms with Crippen molar-refractivity contribution in [2.45, 2.75) is 0 Å². The number of pyridine rings is 2. The summed E-state index contributed by atoms with van der Waals surface area (Å²) in [7, 11) is 0. The minimum Gasteiger partial charge on any atom is -0.298 e. The van der Waals surface area contributed by atoms with Gasteiger partial charge in [0.2, 0.25) is 0 Å². The summed E-state index contributed by atoms with van der Waals surface area (Å²) in [6, 6.07) is 20.5. The molecule has 0 bridgehead atoms. The number of nitrogens with zero attached hydrogens (tertiary/aromatic N) is 4. The average Bonchev–Trinajstić information content (AvgIpc) is 3.23. The Morgan fingerprint density at radius 1 is 0.871 bits per heavy atom. The predicted octanol–water partition coefficient (Wildman–Crippen LogP) is 6.27. The number of hydrogen-bond acceptors (Lipinski definition) is 4. The quantitative estimate of drug-likeness (QED) is 0.306. The van der Waals surface area contributed by atoms with Crippen LogP contribution in [0.5, 0.6) is 0 Å². The zero-order valence-corrected chi connectivity index (χ0v) is 17.5. The van der Waals surface area contributed by atoms with E-state index >= 15 is 0 Å². The van der Waals surface area contributed by atoms with E-state index in [-0.39, 0.29) is 0 Å². The average molecular weight is 445 g/mol. The Hall–Kier alpha value is -3.54. The number of aromatic nitrogens is 4. The molecule has 150 valence electrons. The molecule has 2 aromatic carbocycles. The van der Waals surface area contributed by atoms with E-state index in [9.17, 15) is 4.79 Å². The first-order valence-electron chi connectivity index (χ1n) is 9.45. The summed E-state index contributed by atoms with van der Waals surface area (Å²) < 4.78 is 1.61. The molecule has 0 aliphatic carbocycles. The molecule has 0 atom stereocenters. The van der Waals surface area contributed by atoms with Gasteiger partial charge in [-0.1, -0.05) is 47.5 Å². The van der Waals surface area contributed by atoms with E-state index in [1.54, 1.807) is 29.2 Å². The molecule has 0 aliphatic heterocycles. The zero-order chi connectivity index (χ0) is 21.4. The van der Waals surface area contributed by atoms with Crippen LogP contribution in [-0.4, -0.2) is 26.0 Å². The van der Waals surface area contributed by atoms with E-state index in [2.05, 4.69) is 10.1 Å². The van der Waals surface area contributed by atoms with Gasteiger partial charge in [-0.15, -0.1) is 0 Å². The number of carbonyl (C=O) groups excluding carboxylic acids is 1. The van der Waals surface area contributed by atoms with Crippen molar-refractivity contribution in [3.8, 4) is 28.2 Å². The first kappa shape index (κ1) is 19.4. The van der Waals surface area contributed by atoms with Crippen molar-refractivity contribution in [2.24, 2.45) is 0 Å². The Morgan fingerprint density at radius 2 is 1.71 bits per heavy atom. The minimum absolute atomic E-state index is 0.447. The molecular formula is C24H14Cl2N4O. The van der Waals surface area contributed by atoms with Crippen LogP contribution in [0, 0.1) is 0 Å². The maximum absolute atomic E-state index is 11.8. The van der Waals surface area contributed by atoms with Gasteiger partial charge in [-0.3, -0.25) is 4.79 Å². The second kappa shape index (κ2) is 7.95. The Morgan fingerprint density at radius 3 is 2.48 bits per heavy atom. The highest BCUT2D eigenvalue weighted by molar-refractivity contribution is 6.31. The molecule has 0 radical (unpaired) electrons. The Bertz CT molecular complexity index is 1430. The maximum Gasteiger partial charge on any atom is 0.163 e. The van der Waals surface area contributed by atoms with Crippen LogP contribution in [0.2, 0.25) is 10.0 Å². The van der Waals surface area contributed by atoms with Crippen LogP contribution in [0.25, 0.3) is 39.2 Å². The third-order valence-electron chi connectivity index (χ3n) is 4.91. The monoisotopic (exact) mass is 444 g/mol. The largest absolute Gasteiger partial charge is 0.298 e. The lowest BCUT2D eigenvalue weighted by molar-refractivity contribution is 0.112. The maximum atomic E-state index is 11.8. The summed E-state index contributed by atoms with van der Waals surface area (Å²) in [6.45, 7) is 0. The summed E-state index contributed by atoms with van der Waals surface area (Å²) >= 11 is 12.3. The highest BCUT2D eigenvalue weighted by Gasteiger charge is 2.17. The van der Waals surface area contributed by atoms with Crippen LogP contribution in [0.4, 0.5) is 0 Å². The number of hydrogen-bond donors (Lipinski definition) is 0. The third-order valence-corrected chi connectivity index (χ3v) is 5.40. The molecule has 0 amide bonds. The highest BCUT2D eigenvalue weighted by Crippen LogP contribution is 2.31. The van der Waals surface area contributed by atoms with Crippen molar-refractivity contribution < 1.29 is 4.79 Å². The van der Waals surface area contributed by atoms with Gasteiger partial charge in [0.15, 0.2) is 17.8 Å². The summed E-state index contributed by atoms with van der Waals surface area (Å²) in [6.07, 6.45) is 4.14. The summed E-state index contributed by atoms with van der Waals surface area (Å²) in [5.74, 6) is 0.553. The van der Waals surface area contributed by atoms with Gasteiger partial charge in [0, 0.05) is 39.0 Å². The van der Waals surface area contributed by atoms with Crippen LogP contribution < -0.4 is 0 Å². The van der Waals surface area contributed by atoms with E-state index in [0.29, 0.717) is 32.8 Å². The van der Waals surface area contributed by atoms with E-state index < -0.39 is 0 Å². The van der Waals surface area contributed by atoms with Crippen LogP contribution >= 0.6 is 23.2 Å². The molecule has 0 fully saturated rings. The molecule has 0 spiro atoms. The second-order valence-electron chi connectivity index (χ2n) is 6.92. The minimum atomic E-state index is 0.447. The van der Waals surface area contributed by atoms with Gasteiger partial charge >= 0.3 is 0 Å². The lowest BCUT2D eigenvalue weighted by atomic mass is 10.1. The van der Waals surface area contributed by atoms with Crippen LogP contribution in [0.15, 0.2) is 79.1 Å². The summed E-state index contributed by atoms with van der Waals surface area (Å²) in [5, 5.41) is 6.81. The normalized spacial score (nSPS) is 11.0. The fraction of sp³-hybridized carbons (Fsp3) is 0. The molecular weight excluding hydrogens is 431 g/mol. The van der Waals surface area contributed by atoms with Crippen molar-refractivity contribution >= 4 is 40.5 Å². The van der Waals surface area contributed by atoms with Gasteiger partial charge < -0.3 is 0 Å². The Kier molecular flexibility index (Phi) is 4.98. The molecule has 5 rings (SSSR count). The molecule has 31 heavy (non-hydrogen) atoms. The third kappa shape index (κ3) is 3.69. The molecule has 0 N–H and O–H groups in total. The lowest BCUT2D eigenvalue weighted by Gasteiger charge is -2.11. The lowest BCUT2D eigenvalue weighted by Crippen LogP contribution is -2.03. The molecule has 0 unspecified atom stereocenters. The topological polar surface area (TPSA) is 60.7 Å². The van der Waals surface area contributed by atoms with Crippen molar-refractivity contribution in [3.05, 3.63) is 94.7 Å². The van der Waals surface area contributed by atoms with Crippen LogP contribution in [0.1, 0.15) is 10.4 Å². The smallest absolute Gasteiger partial charge is 0.163 e. The first-order chi connectivity index (χ1) is 15.1.